The quantitative estimate of drug-likeness (QED) is 0.686. The molecule has 0 bridgehead atoms. The molecule has 1 aliphatic heterocycles. The van der Waals surface area contributed by atoms with Crippen LogP contribution in [0.2, 0.25) is 0 Å². The summed E-state index contributed by atoms with van der Waals surface area (Å²) in [7, 11) is 0. The lowest BCUT2D eigenvalue weighted by Crippen LogP contribution is -2.36. The first-order chi connectivity index (χ1) is 12.0. The number of fused-ring (bicyclic) bond motifs is 2. The minimum absolute atomic E-state index is 0.0260. The number of benzene rings is 1. The second-order valence-corrected chi connectivity index (χ2v) is 7.36. The van der Waals surface area contributed by atoms with Gasteiger partial charge in [-0.05, 0) is 36.1 Å². The standard InChI is InChI=1S/C20H18N4O/c1-20(2)7-5-18-23-17-10-14(16-9-13(11-21)6-8-22-16)3-4-15(17)19(25)24(18)12-20/h3-4,6,8-10H,5,7,12H2,1-2H3. The Kier molecular flexibility index (Phi) is 3.43. The van der Waals surface area contributed by atoms with Crippen LogP contribution >= 0.6 is 0 Å². The molecule has 0 amide bonds. The van der Waals surface area contributed by atoms with E-state index >= 15 is 0 Å². The maximum absolute atomic E-state index is 12.9. The zero-order valence-corrected chi connectivity index (χ0v) is 14.3. The number of nitriles is 1. The Bertz CT molecular complexity index is 1090. The molecule has 1 aliphatic rings. The van der Waals surface area contributed by atoms with Crippen molar-refractivity contribution in [2.24, 2.45) is 5.41 Å². The van der Waals surface area contributed by atoms with Crippen LogP contribution in [-0.4, -0.2) is 14.5 Å². The third kappa shape index (κ3) is 2.70. The molecular formula is C20H18N4O. The average molecular weight is 330 g/mol. The maximum Gasteiger partial charge on any atom is 0.261 e. The Morgan fingerprint density at radius 3 is 2.88 bits per heavy atom. The Morgan fingerprint density at radius 2 is 2.08 bits per heavy atom. The van der Waals surface area contributed by atoms with Crippen molar-refractivity contribution < 1.29 is 0 Å². The van der Waals surface area contributed by atoms with E-state index in [1.165, 1.54) is 0 Å². The molecule has 4 rings (SSSR count). The molecule has 0 fully saturated rings. The Morgan fingerprint density at radius 1 is 1.24 bits per heavy atom. The molecule has 0 spiro atoms. The average Bonchev–Trinajstić information content (AvgIpc) is 2.62. The molecule has 0 atom stereocenters. The van der Waals surface area contributed by atoms with Gasteiger partial charge in [-0.3, -0.25) is 14.3 Å². The molecule has 0 unspecified atom stereocenters. The van der Waals surface area contributed by atoms with Gasteiger partial charge in [0.25, 0.3) is 5.56 Å². The fourth-order valence-corrected chi connectivity index (χ4v) is 3.40. The van der Waals surface area contributed by atoms with E-state index in [1.54, 1.807) is 18.3 Å². The number of hydrogen-bond donors (Lipinski definition) is 0. The van der Waals surface area contributed by atoms with Crippen LogP contribution in [-0.2, 0) is 13.0 Å². The summed E-state index contributed by atoms with van der Waals surface area (Å²) in [6.07, 6.45) is 3.45. The highest BCUT2D eigenvalue weighted by Gasteiger charge is 2.27. The molecule has 5 nitrogen and oxygen atoms in total. The van der Waals surface area contributed by atoms with Crippen LogP contribution in [0, 0.1) is 16.7 Å². The molecule has 5 heteroatoms. The molecule has 0 saturated carbocycles. The van der Waals surface area contributed by atoms with E-state index < -0.39 is 0 Å². The lowest BCUT2D eigenvalue weighted by molar-refractivity contribution is 0.240. The van der Waals surface area contributed by atoms with Crippen molar-refractivity contribution in [3.8, 4) is 17.3 Å². The SMILES string of the molecule is CC1(C)CCc2nc3cc(-c4cc(C#N)ccn4)ccc3c(=O)n2C1. The summed E-state index contributed by atoms with van der Waals surface area (Å²) >= 11 is 0. The molecule has 25 heavy (non-hydrogen) atoms. The van der Waals surface area contributed by atoms with Gasteiger partial charge in [0.1, 0.15) is 5.82 Å². The zero-order valence-electron chi connectivity index (χ0n) is 14.3. The maximum atomic E-state index is 12.9. The molecule has 1 aromatic carbocycles. The van der Waals surface area contributed by atoms with Gasteiger partial charge >= 0.3 is 0 Å². The number of rotatable bonds is 1. The first-order valence-electron chi connectivity index (χ1n) is 8.37. The van der Waals surface area contributed by atoms with Gasteiger partial charge in [0.05, 0.1) is 28.2 Å². The monoisotopic (exact) mass is 330 g/mol. The second kappa shape index (κ2) is 5.52. The van der Waals surface area contributed by atoms with E-state index in [2.05, 4.69) is 24.9 Å². The summed E-state index contributed by atoms with van der Waals surface area (Å²) in [5, 5.41) is 9.68. The van der Waals surface area contributed by atoms with Crippen molar-refractivity contribution >= 4 is 10.9 Å². The van der Waals surface area contributed by atoms with E-state index in [4.69, 9.17) is 10.2 Å². The van der Waals surface area contributed by atoms with Crippen molar-refractivity contribution in [1.29, 1.82) is 5.26 Å². The van der Waals surface area contributed by atoms with Crippen LogP contribution in [0.25, 0.3) is 22.2 Å². The van der Waals surface area contributed by atoms with Crippen molar-refractivity contribution in [2.75, 3.05) is 0 Å². The van der Waals surface area contributed by atoms with Gasteiger partial charge in [-0.2, -0.15) is 5.26 Å². The number of hydrogen-bond acceptors (Lipinski definition) is 4. The van der Waals surface area contributed by atoms with Crippen LogP contribution in [0.3, 0.4) is 0 Å². The van der Waals surface area contributed by atoms with E-state index in [0.717, 1.165) is 24.2 Å². The first-order valence-corrected chi connectivity index (χ1v) is 8.37. The normalized spacial score (nSPS) is 15.6. The number of nitrogens with zero attached hydrogens (tertiary/aromatic N) is 4. The molecular weight excluding hydrogens is 312 g/mol. The van der Waals surface area contributed by atoms with Crippen LogP contribution < -0.4 is 5.56 Å². The molecule has 0 radical (unpaired) electrons. The first kappa shape index (κ1) is 15.5. The third-order valence-electron chi connectivity index (χ3n) is 4.83. The highest BCUT2D eigenvalue weighted by Crippen LogP contribution is 2.30. The van der Waals surface area contributed by atoms with Crippen LogP contribution in [0.5, 0.6) is 0 Å². The van der Waals surface area contributed by atoms with Crippen molar-refractivity contribution in [2.45, 2.75) is 33.2 Å². The predicted molar refractivity (Wildman–Crippen MR) is 96.1 cm³/mol. The second-order valence-electron chi connectivity index (χ2n) is 7.36. The fraction of sp³-hybridized carbons (Fsp3) is 0.300. The molecule has 0 N–H and O–H groups in total. The van der Waals surface area contributed by atoms with Crippen LogP contribution in [0.4, 0.5) is 0 Å². The van der Waals surface area contributed by atoms with Gasteiger partial charge in [-0.1, -0.05) is 19.9 Å². The summed E-state index contributed by atoms with van der Waals surface area (Å²) < 4.78 is 1.82. The fourth-order valence-electron chi connectivity index (χ4n) is 3.40. The summed E-state index contributed by atoms with van der Waals surface area (Å²) in [6.45, 7) is 5.07. The van der Waals surface area contributed by atoms with Gasteiger partial charge in [0, 0.05) is 24.7 Å². The molecule has 3 heterocycles. The zero-order chi connectivity index (χ0) is 17.6. The number of aryl methyl sites for hydroxylation is 1. The Hall–Kier alpha value is -3.00. The van der Waals surface area contributed by atoms with Crippen LogP contribution in [0.1, 0.15) is 31.7 Å². The highest BCUT2D eigenvalue weighted by molar-refractivity contribution is 5.83. The van der Waals surface area contributed by atoms with E-state index in [1.807, 2.05) is 22.8 Å². The van der Waals surface area contributed by atoms with E-state index in [9.17, 15) is 4.79 Å². The van der Waals surface area contributed by atoms with Crippen molar-refractivity contribution in [1.82, 2.24) is 14.5 Å². The highest BCUT2D eigenvalue weighted by atomic mass is 16.1. The van der Waals surface area contributed by atoms with Gasteiger partial charge in [-0.25, -0.2) is 4.98 Å². The van der Waals surface area contributed by atoms with Gasteiger partial charge in [0.2, 0.25) is 0 Å². The summed E-state index contributed by atoms with van der Waals surface area (Å²) in [5.74, 6) is 0.854. The summed E-state index contributed by atoms with van der Waals surface area (Å²) in [6, 6.07) is 11.1. The van der Waals surface area contributed by atoms with Crippen LogP contribution in [0.15, 0.2) is 41.3 Å². The Balaban J connectivity index is 1.88. The predicted octanol–water partition coefficient (Wildman–Crippen LogP) is 3.30. The van der Waals surface area contributed by atoms with E-state index in [0.29, 0.717) is 28.7 Å². The molecule has 0 aliphatic carbocycles. The molecule has 3 aromatic rings. The lowest BCUT2D eigenvalue weighted by Gasteiger charge is -2.31. The molecule has 2 aromatic heterocycles. The van der Waals surface area contributed by atoms with Gasteiger partial charge < -0.3 is 0 Å². The van der Waals surface area contributed by atoms with Gasteiger partial charge in [-0.15, -0.1) is 0 Å². The largest absolute Gasteiger partial charge is 0.296 e. The third-order valence-corrected chi connectivity index (χ3v) is 4.83. The summed E-state index contributed by atoms with van der Waals surface area (Å²) in [4.78, 5) is 21.9. The molecule has 124 valence electrons. The minimum atomic E-state index is 0.0260. The van der Waals surface area contributed by atoms with Crippen molar-refractivity contribution in [3.63, 3.8) is 0 Å². The Labute approximate surface area is 145 Å². The van der Waals surface area contributed by atoms with Gasteiger partial charge in [0.15, 0.2) is 0 Å². The summed E-state index contributed by atoms with van der Waals surface area (Å²) in [5.41, 5.74) is 2.97. The topological polar surface area (TPSA) is 71.6 Å². The van der Waals surface area contributed by atoms with Crippen molar-refractivity contribution in [3.05, 3.63) is 58.3 Å². The minimum Gasteiger partial charge on any atom is -0.296 e. The molecule has 0 saturated heterocycles. The lowest BCUT2D eigenvalue weighted by atomic mass is 9.85. The number of pyridine rings is 1. The van der Waals surface area contributed by atoms with E-state index in [-0.39, 0.29) is 11.0 Å². The smallest absolute Gasteiger partial charge is 0.261 e. The number of aromatic nitrogens is 3.